The van der Waals surface area contributed by atoms with Gasteiger partial charge in [-0.1, -0.05) is 0 Å². The molecular weight excluding hydrogens is 300 g/mol. The summed E-state index contributed by atoms with van der Waals surface area (Å²) in [5.41, 5.74) is 6.03. The molecule has 0 amide bonds. The molecule has 0 spiro atoms. The predicted octanol–water partition coefficient (Wildman–Crippen LogP) is 0.668. The second-order valence-corrected chi connectivity index (χ2v) is 7.06. The largest absolute Gasteiger partial charge is 0.495 e. The van der Waals surface area contributed by atoms with Gasteiger partial charge in [0, 0.05) is 17.4 Å². The zero-order chi connectivity index (χ0) is 15.3. The van der Waals surface area contributed by atoms with Crippen molar-refractivity contribution < 1.29 is 18.3 Å². The summed E-state index contributed by atoms with van der Waals surface area (Å²) in [5.74, 6) is 0.309. The number of sulfonamides is 1. The van der Waals surface area contributed by atoms with E-state index >= 15 is 0 Å². The van der Waals surface area contributed by atoms with Crippen LogP contribution in [0.5, 0.6) is 5.75 Å². The number of hydrogen-bond donors (Lipinski definition) is 3. The van der Waals surface area contributed by atoms with Crippen LogP contribution in [0.1, 0.15) is 6.92 Å². The monoisotopic (exact) mass is 320 g/mol. The molecule has 20 heavy (non-hydrogen) atoms. The number of thioether (sulfide) groups is 1. The van der Waals surface area contributed by atoms with Crippen molar-refractivity contribution in [1.29, 1.82) is 0 Å². The number of anilines is 1. The van der Waals surface area contributed by atoms with Crippen LogP contribution in [-0.2, 0) is 10.0 Å². The van der Waals surface area contributed by atoms with Crippen molar-refractivity contribution in [1.82, 2.24) is 4.72 Å². The number of nitrogens with one attached hydrogen (secondary N) is 1. The average Bonchev–Trinajstić information content (AvgIpc) is 2.39. The minimum absolute atomic E-state index is 0.0770. The van der Waals surface area contributed by atoms with Gasteiger partial charge in [0.15, 0.2) is 0 Å². The van der Waals surface area contributed by atoms with Crippen LogP contribution in [-0.4, -0.2) is 44.8 Å². The highest BCUT2D eigenvalue weighted by Crippen LogP contribution is 2.25. The normalized spacial score (nSPS) is 14.8. The summed E-state index contributed by atoms with van der Waals surface area (Å²) < 4.78 is 32.1. The Morgan fingerprint density at radius 3 is 2.65 bits per heavy atom. The van der Waals surface area contributed by atoms with Crippen LogP contribution in [0.15, 0.2) is 23.1 Å². The summed E-state index contributed by atoms with van der Waals surface area (Å²) in [6.07, 6.45) is 1.82. The topological polar surface area (TPSA) is 102 Å². The molecule has 4 N–H and O–H groups in total. The van der Waals surface area contributed by atoms with E-state index in [1.807, 2.05) is 6.26 Å². The molecule has 114 valence electrons. The van der Waals surface area contributed by atoms with Gasteiger partial charge in [-0.25, -0.2) is 13.1 Å². The molecule has 0 bridgehead atoms. The van der Waals surface area contributed by atoms with E-state index < -0.39 is 16.1 Å². The Balaban J connectivity index is 2.99. The Morgan fingerprint density at radius 1 is 1.50 bits per heavy atom. The molecule has 1 rings (SSSR count). The van der Waals surface area contributed by atoms with Crippen LogP contribution in [0.2, 0.25) is 0 Å². The quantitative estimate of drug-likeness (QED) is 0.638. The first-order chi connectivity index (χ1) is 9.35. The Labute approximate surface area is 123 Å². The van der Waals surface area contributed by atoms with E-state index in [2.05, 4.69) is 4.72 Å². The van der Waals surface area contributed by atoms with Gasteiger partial charge in [-0.2, -0.15) is 11.8 Å². The second kappa shape index (κ2) is 7.16. The van der Waals surface area contributed by atoms with E-state index in [9.17, 15) is 13.5 Å². The van der Waals surface area contributed by atoms with Gasteiger partial charge in [-0.05, 0) is 25.3 Å². The lowest BCUT2D eigenvalue weighted by Crippen LogP contribution is -2.41. The molecule has 0 aliphatic rings. The Bertz CT molecular complexity index is 544. The highest BCUT2D eigenvalue weighted by Gasteiger charge is 2.23. The fraction of sp³-hybridized carbons (Fsp3) is 0.500. The first-order valence-electron chi connectivity index (χ1n) is 5.95. The number of hydrogen-bond acceptors (Lipinski definition) is 6. The molecule has 1 aromatic carbocycles. The predicted molar refractivity (Wildman–Crippen MR) is 81.6 cm³/mol. The van der Waals surface area contributed by atoms with Gasteiger partial charge < -0.3 is 15.6 Å². The van der Waals surface area contributed by atoms with E-state index in [1.165, 1.54) is 37.1 Å². The molecule has 0 aromatic heterocycles. The number of benzene rings is 1. The van der Waals surface area contributed by atoms with Gasteiger partial charge in [0.2, 0.25) is 10.0 Å². The summed E-state index contributed by atoms with van der Waals surface area (Å²) in [7, 11) is -2.26. The summed E-state index contributed by atoms with van der Waals surface area (Å²) >= 11 is 1.40. The molecule has 6 nitrogen and oxygen atoms in total. The molecule has 0 saturated carbocycles. The summed E-state index contributed by atoms with van der Waals surface area (Å²) in [6, 6.07) is 3.87. The number of nitrogens with two attached hydrogens (primary N) is 1. The zero-order valence-electron chi connectivity index (χ0n) is 11.7. The number of aliphatic hydroxyl groups is 1. The summed E-state index contributed by atoms with van der Waals surface area (Å²) in [4.78, 5) is 0.0770. The SMILES string of the molecule is COc1cc(S(=O)(=O)NC(C)C(CO)SC)ccc1N. The Kier molecular flexibility index (Phi) is 6.12. The van der Waals surface area contributed by atoms with Crippen LogP contribution in [0, 0.1) is 0 Å². The summed E-state index contributed by atoms with van der Waals surface area (Å²) in [5, 5.41) is 8.98. The number of nitrogen functional groups attached to an aromatic ring is 1. The first-order valence-corrected chi connectivity index (χ1v) is 8.72. The molecule has 0 heterocycles. The van der Waals surface area contributed by atoms with Crippen molar-refractivity contribution >= 4 is 27.5 Å². The van der Waals surface area contributed by atoms with Gasteiger partial charge >= 0.3 is 0 Å². The minimum Gasteiger partial charge on any atom is -0.495 e. The Morgan fingerprint density at radius 2 is 2.15 bits per heavy atom. The van der Waals surface area contributed by atoms with Gasteiger partial charge in [0.25, 0.3) is 0 Å². The fourth-order valence-corrected chi connectivity index (χ4v) is 3.69. The van der Waals surface area contributed by atoms with E-state index in [4.69, 9.17) is 10.5 Å². The van der Waals surface area contributed by atoms with E-state index in [0.717, 1.165) is 0 Å². The van der Waals surface area contributed by atoms with Crippen LogP contribution in [0.3, 0.4) is 0 Å². The fourth-order valence-electron chi connectivity index (χ4n) is 1.68. The van der Waals surface area contributed by atoms with Crippen molar-refractivity contribution in [2.75, 3.05) is 25.7 Å². The number of ether oxygens (including phenoxy) is 1. The molecule has 0 aliphatic heterocycles. The minimum atomic E-state index is -3.68. The van der Waals surface area contributed by atoms with Gasteiger partial charge in [0.05, 0.1) is 24.3 Å². The van der Waals surface area contributed by atoms with Gasteiger partial charge in [-0.3, -0.25) is 0 Å². The van der Waals surface area contributed by atoms with Crippen LogP contribution >= 0.6 is 11.8 Å². The molecule has 0 fully saturated rings. The average molecular weight is 320 g/mol. The van der Waals surface area contributed by atoms with Crippen LogP contribution in [0.25, 0.3) is 0 Å². The van der Waals surface area contributed by atoms with Crippen LogP contribution < -0.4 is 15.2 Å². The highest BCUT2D eigenvalue weighted by atomic mass is 32.2. The zero-order valence-corrected chi connectivity index (χ0v) is 13.3. The number of aliphatic hydroxyl groups excluding tert-OH is 1. The van der Waals surface area contributed by atoms with Crippen molar-refractivity contribution in [3.63, 3.8) is 0 Å². The smallest absolute Gasteiger partial charge is 0.240 e. The maximum absolute atomic E-state index is 12.3. The standard InChI is InChI=1S/C12H20N2O4S2/c1-8(12(7-15)19-3)14-20(16,17)9-4-5-10(13)11(6-9)18-2/h4-6,8,12,14-15H,7,13H2,1-3H3. The third-order valence-electron chi connectivity index (χ3n) is 2.90. The van der Waals surface area contributed by atoms with Crippen molar-refractivity contribution in [3.05, 3.63) is 18.2 Å². The van der Waals surface area contributed by atoms with Crippen molar-refractivity contribution in [2.24, 2.45) is 0 Å². The van der Waals surface area contributed by atoms with E-state index in [-0.39, 0.29) is 16.8 Å². The lowest BCUT2D eigenvalue weighted by atomic mass is 10.3. The molecule has 0 saturated heterocycles. The molecule has 2 unspecified atom stereocenters. The molecule has 1 aromatic rings. The van der Waals surface area contributed by atoms with Gasteiger partial charge in [0.1, 0.15) is 5.75 Å². The maximum atomic E-state index is 12.3. The van der Waals surface area contributed by atoms with Crippen molar-refractivity contribution in [2.45, 2.75) is 23.1 Å². The first kappa shape index (κ1) is 17.1. The molecular formula is C12H20N2O4S2. The third kappa shape index (κ3) is 4.02. The van der Waals surface area contributed by atoms with Crippen molar-refractivity contribution in [3.8, 4) is 5.75 Å². The molecule has 0 aliphatic carbocycles. The van der Waals surface area contributed by atoms with Crippen LogP contribution in [0.4, 0.5) is 5.69 Å². The lowest BCUT2D eigenvalue weighted by molar-refractivity contribution is 0.282. The van der Waals surface area contributed by atoms with E-state index in [0.29, 0.717) is 11.4 Å². The Hall–Kier alpha value is -0.960. The number of rotatable bonds is 7. The second-order valence-electron chi connectivity index (χ2n) is 4.27. The molecule has 8 heteroatoms. The van der Waals surface area contributed by atoms with Gasteiger partial charge in [-0.15, -0.1) is 0 Å². The number of methoxy groups -OCH3 is 1. The molecule has 0 radical (unpaired) electrons. The highest BCUT2D eigenvalue weighted by molar-refractivity contribution is 7.99. The van der Waals surface area contributed by atoms with E-state index in [1.54, 1.807) is 6.92 Å². The summed E-state index contributed by atoms with van der Waals surface area (Å²) in [6.45, 7) is 1.61. The molecule has 2 atom stereocenters. The third-order valence-corrected chi connectivity index (χ3v) is 5.62. The maximum Gasteiger partial charge on any atom is 0.240 e. The lowest BCUT2D eigenvalue weighted by Gasteiger charge is -2.21.